The van der Waals surface area contributed by atoms with E-state index in [-0.39, 0.29) is 5.82 Å². The summed E-state index contributed by atoms with van der Waals surface area (Å²) >= 11 is 1.30. The lowest BCUT2D eigenvalue weighted by Gasteiger charge is -2.04. The van der Waals surface area contributed by atoms with Gasteiger partial charge < -0.3 is 5.32 Å². The van der Waals surface area contributed by atoms with Crippen molar-refractivity contribution in [2.45, 2.75) is 6.92 Å². The Morgan fingerprint density at radius 3 is 2.56 bits per heavy atom. The first kappa shape index (κ1) is 15.5. The van der Waals surface area contributed by atoms with E-state index in [0.29, 0.717) is 5.82 Å². The Morgan fingerprint density at radius 1 is 1.04 bits per heavy atom. The van der Waals surface area contributed by atoms with E-state index >= 15 is 0 Å². The number of rotatable bonds is 4. The molecule has 0 saturated carbocycles. The lowest BCUT2D eigenvalue weighted by molar-refractivity contribution is 0.627. The van der Waals surface area contributed by atoms with Crippen molar-refractivity contribution in [2.75, 3.05) is 5.32 Å². The minimum absolute atomic E-state index is 0.272. The number of halogens is 1. The average Bonchev–Trinajstić information content (AvgIpc) is 3.23. The van der Waals surface area contributed by atoms with Gasteiger partial charge in [0.1, 0.15) is 5.82 Å². The van der Waals surface area contributed by atoms with E-state index in [1.54, 1.807) is 23.0 Å². The van der Waals surface area contributed by atoms with Crippen LogP contribution in [0.4, 0.5) is 15.2 Å². The van der Waals surface area contributed by atoms with Gasteiger partial charge in [-0.3, -0.25) is 0 Å². The fraction of sp³-hybridized carbons (Fsp3) is 0.0556. The van der Waals surface area contributed by atoms with E-state index < -0.39 is 0 Å². The van der Waals surface area contributed by atoms with Crippen LogP contribution in [0.5, 0.6) is 0 Å². The molecule has 124 valence electrons. The minimum Gasteiger partial charge on any atom is -0.330 e. The van der Waals surface area contributed by atoms with Gasteiger partial charge in [0.15, 0.2) is 5.82 Å². The van der Waals surface area contributed by atoms with Crippen molar-refractivity contribution in [3.8, 4) is 17.1 Å². The molecule has 2 aromatic carbocycles. The summed E-state index contributed by atoms with van der Waals surface area (Å²) in [6.45, 7) is 1.94. The van der Waals surface area contributed by atoms with Crippen molar-refractivity contribution in [2.24, 2.45) is 0 Å². The Morgan fingerprint density at radius 2 is 1.80 bits per heavy atom. The van der Waals surface area contributed by atoms with Crippen molar-refractivity contribution >= 4 is 22.4 Å². The molecule has 0 atom stereocenters. The summed E-state index contributed by atoms with van der Waals surface area (Å²) in [5, 5.41) is 8.34. The largest absolute Gasteiger partial charge is 0.330 e. The molecule has 1 N–H and O–H groups in total. The monoisotopic (exact) mass is 351 g/mol. The van der Waals surface area contributed by atoms with Crippen LogP contribution in [0.25, 0.3) is 17.1 Å². The van der Waals surface area contributed by atoms with Crippen molar-refractivity contribution in [3.05, 3.63) is 72.3 Å². The minimum atomic E-state index is -0.272. The Labute approximate surface area is 148 Å². The first-order chi connectivity index (χ1) is 12.2. The molecule has 0 amide bonds. The smallest absolute Gasteiger partial charge is 0.207 e. The maximum Gasteiger partial charge on any atom is 0.207 e. The summed E-state index contributed by atoms with van der Waals surface area (Å²) in [7, 11) is 0. The van der Waals surface area contributed by atoms with Gasteiger partial charge in [0.2, 0.25) is 5.13 Å². The summed E-state index contributed by atoms with van der Waals surface area (Å²) in [5.74, 6) is 0.348. The van der Waals surface area contributed by atoms with Crippen LogP contribution < -0.4 is 5.32 Å². The van der Waals surface area contributed by atoms with E-state index in [0.717, 1.165) is 27.8 Å². The molecular formula is C18H14FN5S. The Kier molecular flexibility index (Phi) is 3.99. The van der Waals surface area contributed by atoms with Crippen LogP contribution in [-0.2, 0) is 0 Å². The highest BCUT2D eigenvalue weighted by Gasteiger charge is 2.14. The second-order valence-corrected chi connectivity index (χ2v) is 6.20. The number of nitrogens with one attached hydrogen (secondary N) is 1. The zero-order chi connectivity index (χ0) is 17.2. The molecule has 2 aromatic heterocycles. The van der Waals surface area contributed by atoms with E-state index in [1.807, 2.05) is 37.3 Å². The van der Waals surface area contributed by atoms with Gasteiger partial charge in [-0.05, 0) is 43.3 Å². The zero-order valence-corrected chi connectivity index (χ0v) is 14.2. The molecule has 4 rings (SSSR count). The molecule has 0 saturated heterocycles. The van der Waals surface area contributed by atoms with Gasteiger partial charge >= 0.3 is 0 Å². The van der Waals surface area contributed by atoms with Crippen molar-refractivity contribution < 1.29 is 4.39 Å². The number of hydrogen-bond donors (Lipinski definition) is 1. The number of benzene rings is 2. The maximum atomic E-state index is 13.1. The second-order valence-electron chi connectivity index (χ2n) is 5.45. The molecule has 0 spiro atoms. The molecule has 0 aliphatic rings. The predicted molar refractivity (Wildman–Crippen MR) is 96.9 cm³/mol. The lowest BCUT2D eigenvalue weighted by atomic mass is 10.2. The van der Waals surface area contributed by atoms with Gasteiger partial charge in [0.05, 0.1) is 23.1 Å². The molecule has 0 fully saturated rings. The normalized spacial score (nSPS) is 10.8. The Balaban J connectivity index is 1.62. The number of para-hydroxylation sites is 1. The van der Waals surface area contributed by atoms with E-state index in [1.165, 1.54) is 23.7 Å². The van der Waals surface area contributed by atoms with Crippen molar-refractivity contribution in [1.82, 2.24) is 19.1 Å². The molecule has 2 heterocycles. The molecule has 7 heteroatoms. The van der Waals surface area contributed by atoms with Crippen molar-refractivity contribution in [3.63, 3.8) is 0 Å². The first-order valence-corrected chi connectivity index (χ1v) is 8.45. The molecule has 4 aromatic rings. The van der Waals surface area contributed by atoms with Crippen LogP contribution in [0.2, 0.25) is 0 Å². The van der Waals surface area contributed by atoms with Crippen LogP contribution in [0.3, 0.4) is 0 Å². The lowest BCUT2D eigenvalue weighted by Crippen LogP contribution is -1.99. The fourth-order valence-corrected chi connectivity index (χ4v) is 3.10. The highest BCUT2D eigenvalue weighted by atomic mass is 32.1. The summed E-state index contributed by atoms with van der Waals surface area (Å²) in [6.07, 6.45) is 1.73. The molecule has 0 bridgehead atoms. The molecule has 0 aliphatic carbocycles. The summed E-state index contributed by atoms with van der Waals surface area (Å²) in [5.41, 5.74) is 3.50. The van der Waals surface area contributed by atoms with Crippen LogP contribution in [0.15, 0.2) is 60.8 Å². The van der Waals surface area contributed by atoms with Gasteiger partial charge in [-0.2, -0.15) is 14.5 Å². The number of nitrogens with zero attached hydrogens (tertiary/aromatic N) is 4. The topological polar surface area (TPSA) is 55.6 Å². The quantitative estimate of drug-likeness (QED) is 0.585. The van der Waals surface area contributed by atoms with Gasteiger partial charge in [-0.1, -0.05) is 18.2 Å². The van der Waals surface area contributed by atoms with Crippen LogP contribution in [-0.4, -0.2) is 19.1 Å². The van der Waals surface area contributed by atoms with Crippen molar-refractivity contribution in [1.29, 1.82) is 0 Å². The maximum absolute atomic E-state index is 13.1. The third kappa shape index (κ3) is 3.14. The SMILES string of the molecule is Cc1c(-c2nsc(Nc3ccccc3)n2)cnn1-c1ccc(F)cc1. The molecule has 0 radical (unpaired) electrons. The molecule has 0 unspecified atom stereocenters. The van der Waals surface area contributed by atoms with Gasteiger partial charge in [-0.25, -0.2) is 9.07 Å². The van der Waals surface area contributed by atoms with E-state index in [2.05, 4.69) is 19.8 Å². The summed E-state index contributed by atoms with van der Waals surface area (Å²) in [6, 6.07) is 16.0. The molecule has 0 aliphatic heterocycles. The molecule has 5 nitrogen and oxygen atoms in total. The first-order valence-electron chi connectivity index (χ1n) is 7.67. The standard InChI is InChI=1S/C18H14FN5S/c1-12-16(11-20-24(12)15-9-7-13(19)8-10-15)17-22-18(25-23-17)21-14-5-3-2-4-6-14/h2-11H,1H3,(H,21,22,23). The Hall–Kier alpha value is -3.06. The van der Waals surface area contributed by atoms with E-state index in [9.17, 15) is 4.39 Å². The highest BCUT2D eigenvalue weighted by Crippen LogP contribution is 2.27. The van der Waals surface area contributed by atoms with Crippen LogP contribution in [0.1, 0.15) is 5.69 Å². The number of anilines is 2. The van der Waals surface area contributed by atoms with Crippen LogP contribution >= 0.6 is 11.5 Å². The zero-order valence-electron chi connectivity index (χ0n) is 13.3. The van der Waals surface area contributed by atoms with Gasteiger partial charge in [-0.15, -0.1) is 0 Å². The third-order valence-electron chi connectivity index (χ3n) is 3.77. The highest BCUT2D eigenvalue weighted by molar-refractivity contribution is 7.09. The predicted octanol–water partition coefficient (Wildman–Crippen LogP) is 4.58. The van der Waals surface area contributed by atoms with Crippen LogP contribution in [0, 0.1) is 12.7 Å². The second kappa shape index (κ2) is 6.45. The number of aromatic nitrogens is 4. The van der Waals surface area contributed by atoms with E-state index in [4.69, 9.17) is 0 Å². The third-order valence-corrected chi connectivity index (χ3v) is 4.40. The average molecular weight is 351 g/mol. The fourth-order valence-electron chi connectivity index (χ4n) is 2.50. The Bertz CT molecular complexity index is 992. The van der Waals surface area contributed by atoms with Gasteiger partial charge in [0.25, 0.3) is 0 Å². The number of hydrogen-bond acceptors (Lipinski definition) is 5. The van der Waals surface area contributed by atoms with Gasteiger partial charge in [0, 0.05) is 17.2 Å². The molecular weight excluding hydrogens is 337 g/mol. The summed E-state index contributed by atoms with van der Waals surface area (Å²) in [4.78, 5) is 4.54. The summed E-state index contributed by atoms with van der Waals surface area (Å²) < 4.78 is 19.3. The molecule has 25 heavy (non-hydrogen) atoms.